The molecule has 0 aliphatic carbocycles. The highest BCUT2D eigenvalue weighted by Gasteiger charge is 2.23. The van der Waals surface area contributed by atoms with Gasteiger partial charge in [0.2, 0.25) is 0 Å². The summed E-state index contributed by atoms with van der Waals surface area (Å²) in [7, 11) is 0. The zero-order chi connectivity index (χ0) is 15.3. The number of hydrogen-bond acceptors (Lipinski definition) is 5. The molecule has 0 saturated carbocycles. The van der Waals surface area contributed by atoms with E-state index in [1.807, 2.05) is 0 Å². The van der Waals surface area contributed by atoms with Gasteiger partial charge in [-0.3, -0.25) is 14.9 Å². The fourth-order valence-electron chi connectivity index (χ4n) is 1.75. The molecule has 0 heterocycles. The molecule has 0 saturated heterocycles. The molecule has 1 aromatic rings. The molecule has 110 valence electrons. The Hall–Kier alpha value is -2.09. The molecule has 0 aromatic heterocycles. The van der Waals surface area contributed by atoms with E-state index in [-0.39, 0.29) is 23.6 Å². The van der Waals surface area contributed by atoms with Gasteiger partial charge in [-0.05, 0) is 19.1 Å². The maximum Gasteiger partial charge on any atom is 0.293 e. The predicted molar refractivity (Wildman–Crippen MR) is 68.4 cm³/mol. The first kappa shape index (κ1) is 16.0. The van der Waals surface area contributed by atoms with Gasteiger partial charge in [-0.2, -0.15) is 0 Å². The molecule has 0 aliphatic rings. The summed E-state index contributed by atoms with van der Waals surface area (Å²) in [6.45, 7) is -0.0624. The fraction of sp³-hybridized carbons (Fsp3) is 0.417. The van der Waals surface area contributed by atoms with Crippen molar-refractivity contribution < 1.29 is 23.6 Å². The van der Waals surface area contributed by atoms with Gasteiger partial charge in [0.25, 0.3) is 12.1 Å². The van der Waals surface area contributed by atoms with E-state index in [1.165, 1.54) is 19.1 Å². The Morgan fingerprint density at radius 1 is 1.50 bits per heavy atom. The second kappa shape index (κ2) is 6.90. The number of halogens is 2. The van der Waals surface area contributed by atoms with E-state index in [0.29, 0.717) is 0 Å². The van der Waals surface area contributed by atoms with E-state index < -0.39 is 30.2 Å². The first-order chi connectivity index (χ1) is 9.36. The summed E-state index contributed by atoms with van der Waals surface area (Å²) in [6, 6.07) is 3.63. The van der Waals surface area contributed by atoms with Crippen LogP contribution in [-0.2, 0) is 0 Å². The normalized spacial score (nSPS) is 10.7. The molecule has 6 nitrogen and oxygen atoms in total. The van der Waals surface area contributed by atoms with E-state index in [2.05, 4.69) is 0 Å². The lowest BCUT2D eigenvalue weighted by molar-refractivity contribution is -0.384. The monoisotopic (exact) mass is 288 g/mol. The summed E-state index contributed by atoms with van der Waals surface area (Å²) in [5.74, 6) is -0.359. The van der Waals surface area contributed by atoms with Gasteiger partial charge in [-0.25, -0.2) is 8.78 Å². The van der Waals surface area contributed by atoms with Crippen LogP contribution < -0.4 is 4.90 Å². The van der Waals surface area contributed by atoms with Gasteiger partial charge in [-0.1, -0.05) is 0 Å². The van der Waals surface area contributed by atoms with Crippen LogP contribution in [0.5, 0.6) is 0 Å². The SMILES string of the molecule is CC(=O)c1ccc(N(CCO)CC(F)F)c([N+](=O)[O-])c1. The topological polar surface area (TPSA) is 83.7 Å². The van der Waals surface area contributed by atoms with Crippen LogP contribution in [0.3, 0.4) is 0 Å². The van der Waals surface area contributed by atoms with E-state index >= 15 is 0 Å². The minimum atomic E-state index is -2.70. The Balaban J connectivity index is 3.25. The zero-order valence-electron chi connectivity index (χ0n) is 10.8. The standard InChI is InChI=1S/C12H14F2N2O4/c1-8(18)9-2-3-10(11(6-9)16(19)20)15(4-5-17)7-12(13)14/h2-3,6,12,17H,4-5,7H2,1H3. The molecular formula is C12H14F2N2O4. The van der Waals surface area contributed by atoms with Crippen LogP contribution in [0.2, 0.25) is 0 Å². The molecule has 0 aliphatic heterocycles. The number of nitrogens with zero attached hydrogens (tertiary/aromatic N) is 2. The van der Waals surface area contributed by atoms with Crippen molar-refractivity contribution in [2.24, 2.45) is 0 Å². The highest BCUT2D eigenvalue weighted by atomic mass is 19.3. The van der Waals surface area contributed by atoms with E-state index in [9.17, 15) is 23.7 Å². The molecule has 0 unspecified atom stereocenters. The van der Waals surface area contributed by atoms with Crippen LogP contribution in [0.25, 0.3) is 0 Å². The van der Waals surface area contributed by atoms with E-state index in [1.54, 1.807) is 0 Å². The lowest BCUT2D eigenvalue weighted by atomic mass is 10.1. The third kappa shape index (κ3) is 3.95. The summed E-state index contributed by atoms with van der Waals surface area (Å²) >= 11 is 0. The molecule has 1 rings (SSSR count). The van der Waals surface area contributed by atoms with Crippen LogP contribution in [0.15, 0.2) is 18.2 Å². The molecule has 0 atom stereocenters. The summed E-state index contributed by atoms with van der Waals surface area (Å²) in [6.07, 6.45) is -2.70. The Morgan fingerprint density at radius 2 is 2.15 bits per heavy atom. The maximum atomic E-state index is 12.5. The van der Waals surface area contributed by atoms with Crippen molar-refractivity contribution in [1.82, 2.24) is 0 Å². The van der Waals surface area contributed by atoms with E-state index in [0.717, 1.165) is 11.0 Å². The number of anilines is 1. The molecular weight excluding hydrogens is 274 g/mol. The third-order valence-electron chi connectivity index (χ3n) is 2.65. The minimum Gasteiger partial charge on any atom is -0.395 e. The van der Waals surface area contributed by atoms with Gasteiger partial charge in [0.15, 0.2) is 5.78 Å². The maximum absolute atomic E-state index is 12.5. The van der Waals surface area contributed by atoms with Crippen LogP contribution in [0.1, 0.15) is 17.3 Å². The zero-order valence-corrected chi connectivity index (χ0v) is 10.8. The van der Waals surface area contributed by atoms with Gasteiger partial charge in [0.1, 0.15) is 5.69 Å². The first-order valence-corrected chi connectivity index (χ1v) is 5.80. The van der Waals surface area contributed by atoms with E-state index in [4.69, 9.17) is 5.11 Å². The molecule has 0 bridgehead atoms. The highest BCUT2D eigenvalue weighted by molar-refractivity contribution is 5.95. The number of carbonyl (C=O) groups is 1. The molecule has 1 N–H and O–H groups in total. The molecule has 0 radical (unpaired) electrons. The Morgan fingerprint density at radius 3 is 2.60 bits per heavy atom. The number of benzene rings is 1. The number of alkyl halides is 2. The largest absolute Gasteiger partial charge is 0.395 e. The number of nitro groups is 1. The van der Waals surface area contributed by atoms with Gasteiger partial charge in [-0.15, -0.1) is 0 Å². The number of Topliss-reactive ketones (excluding diaryl/α,β-unsaturated/α-hetero) is 1. The molecule has 0 amide bonds. The number of aliphatic hydroxyl groups excluding tert-OH is 1. The van der Waals surface area contributed by atoms with Crippen molar-refractivity contribution in [1.29, 1.82) is 0 Å². The van der Waals surface area contributed by atoms with Gasteiger partial charge < -0.3 is 10.0 Å². The number of nitro benzene ring substituents is 1. The molecule has 0 fully saturated rings. The van der Waals surface area contributed by atoms with Gasteiger partial charge in [0, 0.05) is 18.2 Å². The summed E-state index contributed by atoms with van der Waals surface area (Å²) in [5, 5.41) is 19.9. The third-order valence-corrected chi connectivity index (χ3v) is 2.65. The number of carbonyl (C=O) groups excluding carboxylic acids is 1. The number of hydrogen-bond donors (Lipinski definition) is 1. The van der Waals surface area contributed by atoms with Crippen LogP contribution in [0, 0.1) is 10.1 Å². The number of rotatable bonds is 7. The Kier molecular flexibility index (Phi) is 5.51. The fourth-order valence-corrected chi connectivity index (χ4v) is 1.75. The van der Waals surface area contributed by atoms with Crippen molar-refractivity contribution in [3.8, 4) is 0 Å². The summed E-state index contributed by atoms with van der Waals surface area (Å²) in [5.41, 5.74) is -0.359. The minimum absolute atomic E-state index is 0.0469. The Labute approximate surface area is 113 Å². The van der Waals surface area contributed by atoms with Crippen LogP contribution in [0.4, 0.5) is 20.2 Å². The van der Waals surface area contributed by atoms with Crippen LogP contribution in [-0.4, -0.2) is 41.9 Å². The number of ketones is 1. The smallest absolute Gasteiger partial charge is 0.293 e. The lowest BCUT2D eigenvalue weighted by Gasteiger charge is -2.23. The average Bonchev–Trinajstić information content (AvgIpc) is 2.36. The van der Waals surface area contributed by atoms with Gasteiger partial charge >= 0.3 is 0 Å². The van der Waals surface area contributed by atoms with Crippen molar-refractivity contribution in [3.05, 3.63) is 33.9 Å². The summed E-state index contributed by atoms with van der Waals surface area (Å²) < 4.78 is 25.0. The Bertz CT molecular complexity index is 508. The van der Waals surface area contributed by atoms with Crippen molar-refractivity contribution in [2.75, 3.05) is 24.6 Å². The predicted octanol–water partition coefficient (Wildman–Crippen LogP) is 1.86. The highest BCUT2D eigenvalue weighted by Crippen LogP contribution is 2.29. The summed E-state index contributed by atoms with van der Waals surface area (Å²) in [4.78, 5) is 22.5. The molecule has 0 spiro atoms. The van der Waals surface area contributed by atoms with Crippen molar-refractivity contribution in [2.45, 2.75) is 13.3 Å². The van der Waals surface area contributed by atoms with Crippen molar-refractivity contribution in [3.63, 3.8) is 0 Å². The van der Waals surface area contributed by atoms with Gasteiger partial charge in [0.05, 0.1) is 18.1 Å². The van der Waals surface area contributed by atoms with Crippen molar-refractivity contribution >= 4 is 17.2 Å². The quantitative estimate of drug-likeness (QED) is 0.470. The lowest BCUT2D eigenvalue weighted by Crippen LogP contribution is -2.32. The second-order valence-corrected chi connectivity index (χ2v) is 4.08. The first-order valence-electron chi connectivity index (χ1n) is 5.80. The average molecular weight is 288 g/mol. The second-order valence-electron chi connectivity index (χ2n) is 4.08. The molecule has 1 aromatic carbocycles. The number of aliphatic hydroxyl groups is 1. The molecule has 20 heavy (non-hydrogen) atoms. The molecule has 8 heteroatoms. The van der Waals surface area contributed by atoms with Crippen LogP contribution >= 0.6 is 0 Å².